The first-order chi connectivity index (χ1) is 15.3. The molecule has 164 valence electrons. The standard InChI is InChI=1S/C25H32N4O2/c1-2-5-19-8-10-23(22-7-4-3-6-21(19)22)31-20-9-11-24-26-27-25(29(24)16-20)28-14-12-18(17-30)13-15-28/h3-4,6-7,9,11,16,18-19,23,30H,2,5,8,10,12-15,17H2,1H3/t19-,23+/m0/s1. The highest BCUT2D eigenvalue weighted by molar-refractivity contribution is 5.49. The number of nitrogens with zero attached hydrogens (tertiary/aromatic N) is 4. The lowest BCUT2D eigenvalue weighted by Gasteiger charge is -2.32. The zero-order valence-corrected chi connectivity index (χ0v) is 18.3. The van der Waals surface area contributed by atoms with E-state index in [-0.39, 0.29) is 12.7 Å². The lowest BCUT2D eigenvalue weighted by molar-refractivity contribution is 0.174. The van der Waals surface area contributed by atoms with Gasteiger partial charge in [0.1, 0.15) is 11.9 Å². The quantitative estimate of drug-likeness (QED) is 0.624. The molecule has 1 aliphatic carbocycles. The van der Waals surface area contributed by atoms with Crippen molar-refractivity contribution in [2.45, 2.75) is 57.5 Å². The summed E-state index contributed by atoms with van der Waals surface area (Å²) in [5.74, 6) is 2.77. The van der Waals surface area contributed by atoms with Crippen molar-refractivity contribution in [1.29, 1.82) is 0 Å². The van der Waals surface area contributed by atoms with Crippen molar-refractivity contribution in [3.63, 3.8) is 0 Å². The van der Waals surface area contributed by atoms with E-state index in [1.165, 1.54) is 30.4 Å². The number of anilines is 1. The van der Waals surface area contributed by atoms with E-state index in [2.05, 4.69) is 46.3 Å². The molecule has 2 aromatic heterocycles. The van der Waals surface area contributed by atoms with Gasteiger partial charge >= 0.3 is 0 Å². The van der Waals surface area contributed by atoms with Gasteiger partial charge in [-0.05, 0) is 67.2 Å². The number of hydrogen-bond acceptors (Lipinski definition) is 5. The summed E-state index contributed by atoms with van der Waals surface area (Å²) in [4.78, 5) is 2.27. The highest BCUT2D eigenvalue weighted by Crippen LogP contribution is 2.41. The van der Waals surface area contributed by atoms with Crippen molar-refractivity contribution < 1.29 is 9.84 Å². The fraction of sp³-hybridized carbons (Fsp3) is 0.520. The monoisotopic (exact) mass is 420 g/mol. The van der Waals surface area contributed by atoms with E-state index in [0.717, 1.165) is 49.7 Å². The molecule has 0 unspecified atom stereocenters. The SMILES string of the molecule is CCC[C@H]1CC[C@@H](Oc2ccc3nnc(N4CCC(CO)CC4)n3c2)c2ccccc21. The number of rotatable bonds is 6. The largest absolute Gasteiger partial charge is 0.484 e. The minimum atomic E-state index is 0.0852. The smallest absolute Gasteiger partial charge is 0.231 e. The Bertz CT molecular complexity index is 1030. The van der Waals surface area contributed by atoms with Gasteiger partial charge in [0.2, 0.25) is 5.95 Å². The van der Waals surface area contributed by atoms with Crippen LogP contribution in [-0.2, 0) is 0 Å². The molecule has 2 aliphatic rings. The molecule has 3 heterocycles. The summed E-state index contributed by atoms with van der Waals surface area (Å²) < 4.78 is 8.58. The molecule has 6 heteroatoms. The number of hydrogen-bond donors (Lipinski definition) is 1. The van der Waals surface area contributed by atoms with Crippen molar-refractivity contribution in [3.05, 3.63) is 53.7 Å². The Morgan fingerprint density at radius 3 is 2.58 bits per heavy atom. The lowest BCUT2D eigenvalue weighted by atomic mass is 9.79. The molecule has 0 radical (unpaired) electrons. The molecule has 3 aromatic rings. The van der Waals surface area contributed by atoms with Gasteiger partial charge in [-0.15, -0.1) is 10.2 Å². The normalized spacial score (nSPS) is 21.9. The number of ether oxygens (including phenoxy) is 1. The predicted octanol–water partition coefficient (Wildman–Crippen LogP) is 4.74. The van der Waals surface area contributed by atoms with E-state index in [4.69, 9.17) is 4.74 Å². The molecule has 0 amide bonds. The molecular formula is C25H32N4O2. The van der Waals surface area contributed by atoms with E-state index in [9.17, 15) is 5.11 Å². The van der Waals surface area contributed by atoms with Crippen LogP contribution in [0.2, 0.25) is 0 Å². The van der Waals surface area contributed by atoms with Crippen molar-refractivity contribution in [1.82, 2.24) is 14.6 Å². The molecule has 1 fully saturated rings. The van der Waals surface area contributed by atoms with Crippen LogP contribution in [0.3, 0.4) is 0 Å². The van der Waals surface area contributed by atoms with Crippen molar-refractivity contribution in [3.8, 4) is 5.75 Å². The highest BCUT2D eigenvalue weighted by Gasteiger charge is 2.28. The van der Waals surface area contributed by atoms with Gasteiger partial charge in [0.05, 0.1) is 6.20 Å². The molecule has 1 aromatic carbocycles. The molecule has 0 spiro atoms. The summed E-state index contributed by atoms with van der Waals surface area (Å²) in [5.41, 5.74) is 3.62. The maximum atomic E-state index is 9.42. The molecule has 2 atom stereocenters. The summed E-state index contributed by atoms with van der Waals surface area (Å²) in [5, 5.41) is 18.2. The summed E-state index contributed by atoms with van der Waals surface area (Å²) in [6, 6.07) is 12.8. The molecule has 0 saturated carbocycles. The number of aliphatic hydroxyl groups is 1. The molecular weight excluding hydrogens is 388 g/mol. The van der Waals surface area contributed by atoms with Crippen molar-refractivity contribution in [2.75, 3.05) is 24.6 Å². The topological polar surface area (TPSA) is 62.9 Å². The first-order valence-corrected chi connectivity index (χ1v) is 11.7. The molecule has 1 N–H and O–H groups in total. The Labute approximate surface area is 183 Å². The number of piperidine rings is 1. The molecule has 5 rings (SSSR count). The summed E-state index contributed by atoms with van der Waals surface area (Å²) in [7, 11) is 0. The van der Waals surface area contributed by atoms with Crippen LogP contribution in [-0.4, -0.2) is 39.4 Å². The Balaban J connectivity index is 1.38. The van der Waals surface area contributed by atoms with Gasteiger partial charge in [-0.25, -0.2) is 0 Å². The zero-order valence-electron chi connectivity index (χ0n) is 18.3. The van der Waals surface area contributed by atoms with Crippen LogP contribution < -0.4 is 9.64 Å². The third-order valence-electron chi connectivity index (χ3n) is 6.99. The molecule has 1 saturated heterocycles. The number of aliphatic hydroxyl groups excluding tert-OH is 1. The average Bonchev–Trinajstić information content (AvgIpc) is 3.24. The van der Waals surface area contributed by atoms with Crippen LogP contribution in [0.1, 0.15) is 68.6 Å². The first kappa shape index (κ1) is 20.3. The third kappa shape index (κ3) is 4.01. The second-order valence-corrected chi connectivity index (χ2v) is 9.00. The average molecular weight is 421 g/mol. The number of pyridine rings is 1. The van der Waals surface area contributed by atoms with Gasteiger partial charge in [-0.2, -0.15) is 0 Å². The second kappa shape index (κ2) is 8.87. The Morgan fingerprint density at radius 2 is 1.81 bits per heavy atom. The van der Waals surface area contributed by atoms with Crippen molar-refractivity contribution in [2.24, 2.45) is 5.92 Å². The highest BCUT2D eigenvalue weighted by atomic mass is 16.5. The van der Waals surface area contributed by atoms with E-state index in [1.54, 1.807) is 0 Å². The molecule has 0 bridgehead atoms. The minimum absolute atomic E-state index is 0.0852. The summed E-state index contributed by atoms with van der Waals surface area (Å²) in [6.07, 6.45) is 8.77. The van der Waals surface area contributed by atoms with Crippen LogP contribution in [0.5, 0.6) is 5.75 Å². The number of aromatic nitrogens is 3. The van der Waals surface area contributed by atoms with Crippen LogP contribution >= 0.6 is 0 Å². The fourth-order valence-corrected chi connectivity index (χ4v) is 5.23. The van der Waals surface area contributed by atoms with Gasteiger partial charge in [-0.1, -0.05) is 37.6 Å². The van der Waals surface area contributed by atoms with Gasteiger partial charge in [0.15, 0.2) is 5.65 Å². The predicted molar refractivity (Wildman–Crippen MR) is 122 cm³/mol. The number of fused-ring (bicyclic) bond motifs is 2. The fourth-order valence-electron chi connectivity index (χ4n) is 5.23. The van der Waals surface area contributed by atoms with Crippen molar-refractivity contribution >= 4 is 11.6 Å². The van der Waals surface area contributed by atoms with Crippen LogP contribution in [0.25, 0.3) is 5.65 Å². The third-order valence-corrected chi connectivity index (χ3v) is 6.99. The summed E-state index contributed by atoms with van der Waals surface area (Å²) in [6.45, 7) is 4.33. The van der Waals surface area contributed by atoms with E-state index in [0.29, 0.717) is 11.8 Å². The maximum Gasteiger partial charge on any atom is 0.231 e. The molecule has 1 aliphatic heterocycles. The van der Waals surface area contributed by atoms with Gasteiger partial charge < -0.3 is 14.7 Å². The van der Waals surface area contributed by atoms with Gasteiger partial charge in [0, 0.05) is 19.7 Å². The second-order valence-electron chi connectivity index (χ2n) is 9.00. The van der Waals surface area contributed by atoms with E-state index >= 15 is 0 Å². The minimum Gasteiger partial charge on any atom is -0.484 e. The number of benzene rings is 1. The summed E-state index contributed by atoms with van der Waals surface area (Å²) >= 11 is 0. The lowest BCUT2D eigenvalue weighted by Crippen LogP contribution is -2.35. The molecule has 6 nitrogen and oxygen atoms in total. The van der Waals surface area contributed by atoms with E-state index in [1.807, 2.05) is 22.7 Å². The van der Waals surface area contributed by atoms with Crippen LogP contribution in [0.4, 0.5) is 5.95 Å². The van der Waals surface area contributed by atoms with E-state index < -0.39 is 0 Å². The van der Waals surface area contributed by atoms with Gasteiger partial charge in [0.25, 0.3) is 0 Å². The maximum absolute atomic E-state index is 9.42. The Morgan fingerprint density at radius 1 is 1.00 bits per heavy atom. The van der Waals surface area contributed by atoms with Crippen LogP contribution in [0, 0.1) is 5.92 Å². The van der Waals surface area contributed by atoms with Gasteiger partial charge in [-0.3, -0.25) is 4.40 Å². The molecule has 31 heavy (non-hydrogen) atoms. The van der Waals surface area contributed by atoms with Crippen LogP contribution in [0.15, 0.2) is 42.6 Å². The Kier molecular flexibility index (Phi) is 5.81. The zero-order chi connectivity index (χ0) is 21.2. The first-order valence-electron chi connectivity index (χ1n) is 11.7. The Hall–Kier alpha value is -2.60.